The number of nitrogens with zero attached hydrogens (tertiary/aromatic N) is 4. The number of ether oxygens (including phenoxy) is 1. The Morgan fingerprint density at radius 1 is 1.00 bits per heavy atom. The van der Waals surface area contributed by atoms with E-state index < -0.39 is 12.5 Å². The van der Waals surface area contributed by atoms with E-state index in [4.69, 9.17) is 0 Å². The molecule has 1 aromatic heterocycles. The van der Waals surface area contributed by atoms with Gasteiger partial charge in [0.2, 0.25) is 0 Å². The van der Waals surface area contributed by atoms with E-state index >= 15 is 0 Å². The standard InChI is InChI=1S/C19H16F2N4O2/c1-24-10-11-25(17-16(24)22-13-7-3-4-8-14(13)23-17)18(26)12-6-2-5-9-15(12)27-19(20)21/h2-9,19H,10-11H2,1H3. The molecule has 0 saturated heterocycles. The van der Waals surface area contributed by atoms with E-state index in [0.29, 0.717) is 30.2 Å². The van der Waals surface area contributed by atoms with E-state index in [1.165, 1.54) is 17.0 Å². The van der Waals surface area contributed by atoms with Crippen molar-refractivity contribution in [3.8, 4) is 5.75 Å². The van der Waals surface area contributed by atoms with Crippen molar-refractivity contribution >= 4 is 28.6 Å². The van der Waals surface area contributed by atoms with Gasteiger partial charge in [0.15, 0.2) is 11.6 Å². The van der Waals surface area contributed by atoms with Gasteiger partial charge in [-0.25, -0.2) is 9.97 Å². The number of para-hydroxylation sites is 3. The normalized spacial score (nSPS) is 13.8. The first-order chi connectivity index (χ1) is 13.0. The van der Waals surface area contributed by atoms with Crippen LogP contribution in [0.4, 0.5) is 20.4 Å². The number of benzene rings is 2. The van der Waals surface area contributed by atoms with Gasteiger partial charge in [-0.2, -0.15) is 8.78 Å². The van der Waals surface area contributed by atoms with Gasteiger partial charge in [0.05, 0.1) is 16.6 Å². The number of rotatable bonds is 3. The van der Waals surface area contributed by atoms with Crippen LogP contribution in [0.15, 0.2) is 48.5 Å². The van der Waals surface area contributed by atoms with E-state index in [9.17, 15) is 13.6 Å². The molecule has 0 N–H and O–H groups in total. The molecular formula is C19H16F2N4O2. The Morgan fingerprint density at radius 3 is 2.33 bits per heavy atom. The van der Waals surface area contributed by atoms with Gasteiger partial charge < -0.3 is 9.64 Å². The van der Waals surface area contributed by atoms with Crippen LogP contribution in [0.5, 0.6) is 5.75 Å². The van der Waals surface area contributed by atoms with Crippen molar-refractivity contribution in [2.45, 2.75) is 6.61 Å². The fourth-order valence-electron chi connectivity index (χ4n) is 3.07. The molecule has 6 nitrogen and oxygen atoms in total. The van der Waals surface area contributed by atoms with Crippen LogP contribution in [-0.4, -0.2) is 42.6 Å². The van der Waals surface area contributed by atoms with Crippen molar-refractivity contribution < 1.29 is 18.3 Å². The summed E-state index contributed by atoms with van der Waals surface area (Å²) in [6.07, 6.45) is 0. The number of carbonyl (C=O) groups excluding carboxylic acids is 1. The fourth-order valence-corrected chi connectivity index (χ4v) is 3.07. The Bertz CT molecular complexity index is 1010. The molecule has 3 aromatic rings. The summed E-state index contributed by atoms with van der Waals surface area (Å²) < 4.78 is 29.9. The van der Waals surface area contributed by atoms with Crippen molar-refractivity contribution in [2.24, 2.45) is 0 Å². The molecule has 138 valence electrons. The molecule has 1 aliphatic heterocycles. The molecule has 1 amide bonds. The zero-order valence-electron chi connectivity index (χ0n) is 14.5. The lowest BCUT2D eigenvalue weighted by atomic mass is 10.1. The molecular weight excluding hydrogens is 354 g/mol. The first-order valence-electron chi connectivity index (χ1n) is 8.38. The maximum absolute atomic E-state index is 13.1. The zero-order valence-corrected chi connectivity index (χ0v) is 14.5. The summed E-state index contributed by atoms with van der Waals surface area (Å²) in [6.45, 7) is -2.11. The molecule has 0 radical (unpaired) electrons. The van der Waals surface area contributed by atoms with Crippen molar-refractivity contribution in [3.63, 3.8) is 0 Å². The topological polar surface area (TPSA) is 58.6 Å². The SMILES string of the molecule is CN1CCN(C(=O)c2ccccc2OC(F)F)c2nc3ccccc3nc21. The number of hydrogen-bond acceptors (Lipinski definition) is 5. The van der Waals surface area contributed by atoms with Crippen molar-refractivity contribution in [1.82, 2.24) is 9.97 Å². The van der Waals surface area contributed by atoms with E-state index in [1.807, 2.05) is 36.2 Å². The van der Waals surface area contributed by atoms with E-state index in [2.05, 4.69) is 14.7 Å². The molecule has 2 aromatic carbocycles. The van der Waals surface area contributed by atoms with E-state index in [0.717, 1.165) is 5.52 Å². The third kappa shape index (κ3) is 3.14. The summed E-state index contributed by atoms with van der Waals surface area (Å²) in [4.78, 5) is 25.7. The monoisotopic (exact) mass is 370 g/mol. The predicted octanol–water partition coefficient (Wildman–Crippen LogP) is 3.33. The molecule has 0 fully saturated rings. The molecule has 1 aliphatic rings. The Hall–Kier alpha value is -3.29. The quantitative estimate of drug-likeness (QED) is 0.708. The summed E-state index contributed by atoms with van der Waals surface area (Å²) >= 11 is 0. The summed E-state index contributed by atoms with van der Waals surface area (Å²) in [5.74, 6) is 0.358. The molecule has 2 heterocycles. The number of anilines is 2. The van der Waals surface area contributed by atoms with Crippen LogP contribution in [-0.2, 0) is 0 Å². The molecule has 0 aliphatic carbocycles. The highest BCUT2D eigenvalue weighted by atomic mass is 19.3. The third-order valence-corrected chi connectivity index (χ3v) is 4.39. The number of amides is 1. The lowest BCUT2D eigenvalue weighted by Crippen LogP contribution is -2.44. The second-order valence-corrected chi connectivity index (χ2v) is 6.11. The highest BCUT2D eigenvalue weighted by Crippen LogP contribution is 2.33. The van der Waals surface area contributed by atoms with Crippen LogP contribution in [0, 0.1) is 0 Å². The highest BCUT2D eigenvalue weighted by Gasteiger charge is 2.30. The number of aromatic nitrogens is 2. The maximum atomic E-state index is 13.1. The molecule has 8 heteroatoms. The van der Waals surface area contributed by atoms with Crippen LogP contribution in [0.2, 0.25) is 0 Å². The molecule has 0 saturated carbocycles. The Kier molecular flexibility index (Phi) is 4.31. The van der Waals surface area contributed by atoms with Crippen molar-refractivity contribution in [2.75, 3.05) is 29.9 Å². The second kappa shape index (κ2) is 6.79. The minimum absolute atomic E-state index is 0.0586. The lowest BCUT2D eigenvalue weighted by Gasteiger charge is -2.34. The minimum atomic E-state index is -3.01. The summed E-state index contributed by atoms with van der Waals surface area (Å²) in [5.41, 5.74) is 1.43. The third-order valence-electron chi connectivity index (χ3n) is 4.39. The lowest BCUT2D eigenvalue weighted by molar-refractivity contribution is -0.0501. The number of hydrogen-bond donors (Lipinski definition) is 0. The molecule has 0 atom stereocenters. The number of likely N-dealkylation sites (N-methyl/N-ethyl adjacent to an activating group) is 1. The van der Waals surface area contributed by atoms with Gasteiger partial charge in [-0.15, -0.1) is 0 Å². The van der Waals surface area contributed by atoms with Crippen LogP contribution in [0.3, 0.4) is 0 Å². The summed E-state index contributed by atoms with van der Waals surface area (Å²) in [7, 11) is 1.87. The first-order valence-corrected chi connectivity index (χ1v) is 8.38. The smallest absolute Gasteiger partial charge is 0.387 e. The van der Waals surface area contributed by atoms with Gasteiger partial charge in [0.25, 0.3) is 5.91 Å². The second-order valence-electron chi connectivity index (χ2n) is 6.11. The zero-order chi connectivity index (χ0) is 19.0. The van der Waals surface area contributed by atoms with Crippen LogP contribution < -0.4 is 14.5 Å². The van der Waals surface area contributed by atoms with Crippen molar-refractivity contribution in [1.29, 1.82) is 0 Å². The van der Waals surface area contributed by atoms with Crippen molar-refractivity contribution in [3.05, 3.63) is 54.1 Å². The van der Waals surface area contributed by atoms with Crippen LogP contribution in [0.1, 0.15) is 10.4 Å². The molecule has 0 bridgehead atoms. The Balaban J connectivity index is 1.79. The van der Waals surface area contributed by atoms with E-state index in [-0.39, 0.29) is 11.3 Å². The number of halogens is 2. The first kappa shape index (κ1) is 17.1. The van der Waals surface area contributed by atoms with Gasteiger partial charge >= 0.3 is 6.61 Å². The maximum Gasteiger partial charge on any atom is 0.387 e. The van der Waals surface area contributed by atoms with Gasteiger partial charge in [-0.1, -0.05) is 24.3 Å². The molecule has 27 heavy (non-hydrogen) atoms. The van der Waals surface area contributed by atoms with Gasteiger partial charge in [0, 0.05) is 20.1 Å². The van der Waals surface area contributed by atoms with E-state index in [1.54, 1.807) is 12.1 Å². The fraction of sp³-hybridized carbons (Fsp3) is 0.211. The van der Waals surface area contributed by atoms with Gasteiger partial charge in [-0.05, 0) is 24.3 Å². The summed E-state index contributed by atoms with van der Waals surface area (Å²) in [5, 5.41) is 0. The Morgan fingerprint density at radius 2 is 1.63 bits per heavy atom. The number of alkyl halides is 2. The minimum Gasteiger partial charge on any atom is -0.434 e. The number of carbonyl (C=O) groups is 1. The Labute approximate surface area is 154 Å². The van der Waals surface area contributed by atoms with Gasteiger partial charge in [0.1, 0.15) is 5.75 Å². The highest BCUT2D eigenvalue weighted by molar-refractivity contribution is 6.09. The molecule has 0 spiro atoms. The average Bonchev–Trinajstić information content (AvgIpc) is 2.67. The summed E-state index contributed by atoms with van der Waals surface area (Å²) in [6, 6.07) is 13.3. The van der Waals surface area contributed by atoms with Crippen LogP contribution >= 0.6 is 0 Å². The molecule has 4 rings (SSSR count). The predicted molar refractivity (Wildman–Crippen MR) is 97.6 cm³/mol. The van der Waals surface area contributed by atoms with Crippen LogP contribution in [0.25, 0.3) is 11.0 Å². The number of fused-ring (bicyclic) bond motifs is 2. The largest absolute Gasteiger partial charge is 0.434 e. The average molecular weight is 370 g/mol. The van der Waals surface area contributed by atoms with Gasteiger partial charge in [-0.3, -0.25) is 9.69 Å². The molecule has 0 unspecified atom stereocenters.